The molecule has 8 heteroatoms. The Morgan fingerprint density at radius 2 is 1.93 bits per heavy atom. The van der Waals surface area contributed by atoms with Crippen LogP contribution in [0, 0.1) is 0 Å². The second-order valence-electron chi connectivity index (χ2n) is 7.22. The van der Waals surface area contributed by atoms with Crippen molar-refractivity contribution < 1.29 is 29.9 Å². The average molecular weight is 427 g/mol. The van der Waals surface area contributed by atoms with Crippen LogP contribution < -0.4 is 0 Å². The molecule has 152 valence electrons. The van der Waals surface area contributed by atoms with Crippen LogP contribution in [0.5, 0.6) is 0 Å². The highest BCUT2D eigenvalue weighted by molar-refractivity contribution is 7.12. The van der Waals surface area contributed by atoms with Crippen molar-refractivity contribution in [2.75, 3.05) is 6.61 Å². The van der Waals surface area contributed by atoms with E-state index in [0.717, 1.165) is 17.5 Å². The van der Waals surface area contributed by atoms with E-state index < -0.39 is 36.8 Å². The maximum atomic E-state index is 10.7. The van der Waals surface area contributed by atoms with E-state index in [1.54, 1.807) is 17.4 Å². The molecule has 5 atom stereocenters. The van der Waals surface area contributed by atoms with Gasteiger partial charge in [0, 0.05) is 26.8 Å². The van der Waals surface area contributed by atoms with E-state index in [0.29, 0.717) is 17.0 Å². The van der Waals surface area contributed by atoms with E-state index in [2.05, 4.69) is 19.1 Å². The third-order valence-electron chi connectivity index (χ3n) is 5.47. The third kappa shape index (κ3) is 3.20. The molecule has 6 nitrogen and oxygen atoms in total. The van der Waals surface area contributed by atoms with Gasteiger partial charge in [-0.1, -0.05) is 18.5 Å². The van der Waals surface area contributed by atoms with Gasteiger partial charge in [0.05, 0.1) is 13.2 Å². The van der Waals surface area contributed by atoms with E-state index in [1.165, 1.54) is 9.75 Å². The zero-order chi connectivity index (χ0) is 20.1. The quantitative estimate of drug-likeness (QED) is 0.594. The van der Waals surface area contributed by atoms with Crippen LogP contribution in [0.3, 0.4) is 0 Å². The molecule has 1 aromatic carbocycles. The molecule has 0 radical (unpaired) electrons. The molecule has 1 aromatic heterocycles. The van der Waals surface area contributed by atoms with Crippen LogP contribution in [0.25, 0.3) is 0 Å². The van der Waals surface area contributed by atoms with E-state index >= 15 is 0 Å². The minimum Gasteiger partial charge on any atom is -0.394 e. The highest BCUT2D eigenvalue weighted by atomic mass is 35.5. The van der Waals surface area contributed by atoms with Crippen molar-refractivity contribution in [3.05, 3.63) is 55.7 Å². The Morgan fingerprint density at radius 1 is 1.18 bits per heavy atom. The van der Waals surface area contributed by atoms with Crippen LogP contribution in [-0.4, -0.2) is 51.4 Å². The lowest BCUT2D eigenvalue weighted by molar-refractivity contribution is -0.368. The monoisotopic (exact) mass is 426 g/mol. The summed E-state index contributed by atoms with van der Waals surface area (Å²) >= 11 is 8.21. The fraction of sp³-hybridized carbons (Fsp3) is 0.500. The normalized spacial score (nSPS) is 32.1. The lowest BCUT2D eigenvalue weighted by Gasteiger charge is -2.46. The Hall–Kier alpha value is -1.03. The van der Waals surface area contributed by atoms with Crippen LogP contribution in [0.1, 0.15) is 33.4 Å². The first kappa shape index (κ1) is 20.3. The highest BCUT2D eigenvalue weighted by Crippen LogP contribution is 2.47. The van der Waals surface area contributed by atoms with Crippen molar-refractivity contribution in [3.8, 4) is 0 Å². The number of fused-ring (bicyclic) bond motifs is 2. The van der Waals surface area contributed by atoms with Gasteiger partial charge in [0.2, 0.25) is 5.79 Å². The summed E-state index contributed by atoms with van der Waals surface area (Å²) in [6.07, 6.45) is -3.91. The topological polar surface area (TPSA) is 99.4 Å². The zero-order valence-corrected chi connectivity index (χ0v) is 16.9. The van der Waals surface area contributed by atoms with Gasteiger partial charge in [-0.15, -0.1) is 11.3 Å². The lowest BCUT2D eigenvalue weighted by Crippen LogP contribution is -2.63. The number of halogens is 1. The van der Waals surface area contributed by atoms with E-state index in [1.807, 2.05) is 6.07 Å². The molecule has 0 amide bonds. The summed E-state index contributed by atoms with van der Waals surface area (Å²) in [6.45, 7) is 1.74. The molecule has 0 bridgehead atoms. The van der Waals surface area contributed by atoms with Gasteiger partial charge in [0.25, 0.3) is 0 Å². The molecule has 1 saturated heterocycles. The first-order valence-electron chi connectivity index (χ1n) is 9.25. The number of benzene rings is 1. The standard InChI is InChI=1S/C20H23ClO6S/c1-2-12-3-4-13(28-12)5-10-6-14-11(7-15(10)21)9-26-20(14)19(25)18(24)17(23)16(8-22)27-20/h3-4,6-7,16-19,22-25H,2,5,8-9H2,1H3/t16?,17-,18-,19+,20-/m0/s1. The SMILES string of the molecule is CCc1ccc(Cc2cc3c(cc2Cl)CO[C@]32OC(CO)[C@H](O)[C@H](O)[C@H]2O)s1. The van der Waals surface area contributed by atoms with E-state index in [4.69, 9.17) is 21.1 Å². The minimum atomic E-state index is -1.65. The van der Waals surface area contributed by atoms with E-state index in [-0.39, 0.29) is 6.61 Å². The third-order valence-corrected chi connectivity index (χ3v) is 7.05. The predicted octanol–water partition coefficient (Wildman–Crippen LogP) is 1.71. The summed E-state index contributed by atoms with van der Waals surface area (Å²) < 4.78 is 11.6. The van der Waals surface area contributed by atoms with Crippen LogP contribution in [-0.2, 0) is 34.7 Å². The fourth-order valence-corrected chi connectivity index (χ4v) is 5.11. The van der Waals surface area contributed by atoms with Gasteiger partial charge in [-0.25, -0.2) is 0 Å². The highest BCUT2D eigenvalue weighted by Gasteiger charge is 2.58. The Kier molecular flexibility index (Phi) is 5.54. The molecule has 2 aliphatic heterocycles. The van der Waals surface area contributed by atoms with Crippen LogP contribution >= 0.6 is 22.9 Å². The molecule has 3 heterocycles. The number of ether oxygens (including phenoxy) is 2. The van der Waals surface area contributed by atoms with Gasteiger partial charge >= 0.3 is 0 Å². The molecule has 2 aliphatic rings. The van der Waals surface area contributed by atoms with Crippen molar-refractivity contribution >= 4 is 22.9 Å². The summed E-state index contributed by atoms with van der Waals surface area (Å²) in [4.78, 5) is 2.46. The van der Waals surface area contributed by atoms with Crippen molar-refractivity contribution in [2.45, 2.75) is 56.6 Å². The Bertz CT molecular complexity index is 868. The second-order valence-corrected chi connectivity index (χ2v) is 8.88. The van der Waals surface area contributed by atoms with Crippen LogP contribution in [0.4, 0.5) is 0 Å². The number of rotatable bonds is 4. The number of hydrogen-bond acceptors (Lipinski definition) is 7. The van der Waals surface area contributed by atoms with Crippen molar-refractivity contribution in [1.82, 2.24) is 0 Å². The number of aliphatic hydroxyl groups excluding tert-OH is 4. The first-order chi connectivity index (χ1) is 13.4. The molecule has 1 unspecified atom stereocenters. The predicted molar refractivity (Wildman–Crippen MR) is 104 cm³/mol. The number of hydrogen-bond donors (Lipinski definition) is 4. The van der Waals surface area contributed by atoms with Gasteiger partial charge < -0.3 is 29.9 Å². The Balaban J connectivity index is 1.72. The number of thiophene rings is 1. The summed E-state index contributed by atoms with van der Waals surface area (Å²) in [7, 11) is 0. The maximum absolute atomic E-state index is 10.7. The molecular formula is C20H23ClO6S. The maximum Gasteiger partial charge on any atom is 0.225 e. The molecule has 1 fully saturated rings. The van der Waals surface area contributed by atoms with Gasteiger partial charge in [-0.2, -0.15) is 0 Å². The minimum absolute atomic E-state index is 0.145. The zero-order valence-electron chi connectivity index (χ0n) is 15.3. The fourth-order valence-electron chi connectivity index (χ4n) is 3.88. The Labute approximate surface area is 171 Å². The largest absolute Gasteiger partial charge is 0.394 e. The molecular weight excluding hydrogens is 404 g/mol. The van der Waals surface area contributed by atoms with Gasteiger partial charge in [0.15, 0.2) is 0 Å². The van der Waals surface area contributed by atoms with Gasteiger partial charge in [-0.05, 0) is 41.8 Å². The average Bonchev–Trinajstić information content (AvgIpc) is 3.29. The van der Waals surface area contributed by atoms with Crippen molar-refractivity contribution in [2.24, 2.45) is 0 Å². The Morgan fingerprint density at radius 3 is 2.61 bits per heavy atom. The van der Waals surface area contributed by atoms with Crippen LogP contribution in [0.2, 0.25) is 5.02 Å². The number of aliphatic hydroxyl groups is 4. The van der Waals surface area contributed by atoms with Crippen LogP contribution in [0.15, 0.2) is 24.3 Å². The lowest BCUT2D eigenvalue weighted by atomic mass is 9.86. The molecule has 2 aromatic rings. The van der Waals surface area contributed by atoms with Gasteiger partial charge in [-0.3, -0.25) is 0 Å². The summed E-state index contributed by atoms with van der Waals surface area (Å²) in [5, 5.41) is 41.1. The number of aryl methyl sites for hydroxylation is 1. The molecule has 4 N–H and O–H groups in total. The summed E-state index contributed by atoms with van der Waals surface area (Å²) in [5.41, 5.74) is 2.16. The van der Waals surface area contributed by atoms with Gasteiger partial charge in [0.1, 0.15) is 24.4 Å². The van der Waals surface area contributed by atoms with Crippen molar-refractivity contribution in [3.63, 3.8) is 0 Å². The molecule has 4 rings (SSSR count). The smallest absolute Gasteiger partial charge is 0.225 e. The van der Waals surface area contributed by atoms with Crippen molar-refractivity contribution in [1.29, 1.82) is 0 Å². The molecule has 28 heavy (non-hydrogen) atoms. The first-order valence-corrected chi connectivity index (χ1v) is 10.4. The van der Waals surface area contributed by atoms with E-state index in [9.17, 15) is 20.4 Å². The summed E-state index contributed by atoms with van der Waals surface area (Å²) in [5.74, 6) is -1.65. The summed E-state index contributed by atoms with van der Waals surface area (Å²) in [6, 6.07) is 7.80. The molecule has 1 spiro atoms. The molecule has 0 saturated carbocycles. The molecule has 0 aliphatic carbocycles. The second kappa shape index (κ2) is 7.66.